The zero-order valence-corrected chi connectivity index (χ0v) is 18.6. The van der Waals surface area contributed by atoms with Crippen molar-refractivity contribution in [2.45, 2.75) is 64.3 Å². The SMILES string of the molecule is CCCCCCN(C(C)CN(CC)CC)S(=O)(=O)c1cccc2cnccc12. The summed E-state index contributed by atoms with van der Waals surface area (Å²) in [5, 5.41) is 1.59. The van der Waals surface area contributed by atoms with E-state index in [0.29, 0.717) is 11.4 Å². The van der Waals surface area contributed by atoms with Gasteiger partial charge in [0.2, 0.25) is 10.0 Å². The molecule has 2 aromatic rings. The van der Waals surface area contributed by atoms with E-state index < -0.39 is 10.0 Å². The number of likely N-dealkylation sites (N-methyl/N-ethyl adjacent to an activating group) is 1. The summed E-state index contributed by atoms with van der Waals surface area (Å²) < 4.78 is 29.1. The van der Waals surface area contributed by atoms with Crippen molar-refractivity contribution >= 4 is 20.8 Å². The van der Waals surface area contributed by atoms with E-state index in [1.165, 1.54) is 0 Å². The molecule has 156 valence electrons. The van der Waals surface area contributed by atoms with Crippen LogP contribution in [0.15, 0.2) is 41.6 Å². The van der Waals surface area contributed by atoms with Gasteiger partial charge in [-0.2, -0.15) is 4.31 Å². The summed E-state index contributed by atoms with van der Waals surface area (Å²) in [6.45, 7) is 11.6. The summed E-state index contributed by atoms with van der Waals surface area (Å²) in [5.41, 5.74) is 0. The van der Waals surface area contributed by atoms with Gasteiger partial charge in [-0.1, -0.05) is 52.2 Å². The molecule has 1 atom stereocenters. The van der Waals surface area contributed by atoms with Gasteiger partial charge in [-0.25, -0.2) is 8.42 Å². The van der Waals surface area contributed by atoms with Crippen molar-refractivity contribution in [1.82, 2.24) is 14.2 Å². The van der Waals surface area contributed by atoms with Crippen LogP contribution < -0.4 is 0 Å². The van der Waals surface area contributed by atoms with Crippen LogP contribution in [0, 0.1) is 0 Å². The molecule has 28 heavy (non-hydrogen) atoms. The lowest BCUT2D eigenvalue weighted by atomic mass is 10.2. The Bertz CT molecular complexity index is 829. The first-order valence-corrected chi connectivity index (χ1v) is 12.0. The van der Waals surface area contributed by atoms with Gasteiger partial charge in [-0.15, -0.1) is 0 Å². The predicted molar refractivity (Wildman–Crippen MR) is 117 cm³/mol. The minimum absolute atomic E-state index is 0.0800. The molecule has 0 amide bonds. The first kappa shape index (κ1) is 22.8. The molecule has 5 nitrogen and oxygen atoms in total. The highest BCUT2D eigenvalue weighted by Gasteiger charge is 2.30. The molecule has 0 spiro atoms. The molecule has 0 bridgehead atoms. The topological polar surface area (TPSA) is 53.5 Å². The minimum atomic E-state index is -3.60. The molecular weight excluding hydrogens is 370 g/mol. The molecule has 1 heterocycles. The Morgan fingerprint density at radius 3 is 2.46 bits per heavy atom. The average molecular weight is 406 g/mol. The molecule has 0 saturated carbocycles. The lowest BCUT2D eigenvalue weighted by Gasteiger charge is -2.32. The molecule has 2 rings (SSSR count). The van der Waals surface area contributed by atoms with Gasteiger partial charge in [0.25, 0.3) is 0 Å². The fraction of sp³-hybridized carbons (Fsp3) is 0.591. The van der Waals surface area contributed by atoms with Gasteiger partial charge in [0.1, 0.15) is 0 Å². The van der Waals surface area contributed by atoms with Crippen molar-refractivity contribution in [2.75, 3.05) is 26.2 Å². The number of fused-ring (bicyclic) bond motifs is 1. The molecular formula is C22H35N3O2S. The zero-order chi connectivity index (χ0) is 20.6. The molecule has 1 aromatic heterocycles. The van der Waals surface area contributed by atoms with E-state index in [-0.39, 0.29) is 6.04 Å². The third-order valence-electron chi connectivity index (χ3n) is 5.37. The van der Waals surface area contributed by atoms with E-state index in [1.54, 1.807) is 34.9 Å². The lowest BCUT2D eigenvalue weighted by molar-refractivity contribution is 0.220. The largest absolute Gasteiger partial charge is 0.302 e. The maximum Gasteiger partial charge on any atom is 0.243 e. The number of pyridine rings is 1. The monoisotopic (exact) mass is 405 g/mol. The van der Waals surface area contributed by atoms with Crippen LogP contribution in [-0.2, 0) is 10.0 Å². The van der Waals surface area contributed by atoms with Gasteiger partial charge >= 0.3 is 0 Å². The summed E-state index contributed by atoms with van der Waals surface area (Å²) in [4.78, 5) is 6.80. The van der Waals surface area contributed by atoms with Gasteiger partial charge in [0, 0.05) is 42.3 Å². The van der Waals surface area contributed by atoms with Gasteiger partial charge in [0.15, 0.2) is 0 Å². The number of aromatic nitrogens is 1. The van der Waals surface area contributed by atoms with Gasteiger partial charge < -0.3 is 4.90 Å². The maximum atomic E-state index is 13.7. The smallest absolute Gasteiger partial charge is 0.243 e. The Labute approximate surface area is 170 Å². The predicted octanol–water partition coefficient (Wildman–Crippen LogP) is 4.54. The van der Waals surface area contributed by atoms with Crippen molar-refractivity contribution in [3.8, 4) is 0 Å². The third-order valence-corrected chi connectivity index (χ3v) is 7.44. The van der Waals surface area contributed by atoms with Crippen LogP contribution in [0.1, 0.15) is 53.4 Å². The molecule has 0 aliphatic carbocycles. The first-order valence-electron chi connectivity index (χ1n) is 10.5. The van der Waals surface area contributed by atoms with E-state index >= 15 is 0 Å². The van der Waals surface area contributed by atoms with E-state index in [0.717, 1.165) is 56.1 Å². The standard InChI is InChI=1S/C22H35N3O2S/c1-5-8-9-10-16-25(19(4)18-24(6-2)7-3)28(26,27)22-13-11-12-20-17-23-15-14-21(20)22/h11-15,17,19H,5-10,16,18H2,1-4H3. The van der Waals surface area contributed by atoms with E-state index in [4.69, 9.17) is 0 Å². The summed E-state index contributed by atoms with van der Waals surface area (Å²) in [7, 11) is -3.60. The Hall–Kier alpha value is -1.50. The quantitative estimate of drug-likeness (QED) is 0.487. The van der Waals surface area contributed by atoms with Gasteiger partial charge in [-0.3, -0.25) is 4.98 Å². The van der Waals surface area contributed by atoms with Crippen LogP contribution in [0.3, 0.4) is 0 Å². The Balaban J connectivity index is 2.38. The highest BCUT2D eigenvalue weighted by molar-refractivity contribution is 7.89. The zero-order valence-electron chi connectivity index (χ0n) is 17.8. The Morgan fingerprint density at radius 2 is 1.79 bits per heavy atom. The second kappa shape index (κ2) is 10.9. The molecule has 0 radical (unpaired) electrons. The van der Waals surface area contributed by atoms with Crippen LogP contribution >= 0.6 is 0 Å². The number of benzene rings is 1. The second-order valence-electron chi connectivity index (χ2n) is 7.36. The van der Waals surface area contributed by atoms with Crippen molar-refractivity contribution < 1.29 is 8.42 Å². The molecule has 0 aliphatic rings. The number of rotatable bonds is 12. The summed E-state index contributed by atoms with van der Waals surface area (Å²) in [6.07, 6.45) is 7.60. The molecule has 0 aliphatic heterocycles. The molecule has 0 saturated heterocycles. The van der Waals surface area contributed by atoms with Crippen LogP contribution in [0.4, 0.5) is 0 Å². The van der Waals surface area contributed by atoms with E-state index in [1.807, 2.05) is 13.0 Å². The van der Waals surface area contributed by atoms with Gasteiger partial charge in [-0.05, 0) is 38.6 Å². The van der Waals surface area contributed by atoms with E-state index in [2.05, 4.69) is 30.7 Å². The third kappa shape index (κ3) is 5.52. The fourth-order valence-electron chi connectivity index (χ4n) is 3.66. The van der Waals surface area contributed by atoms with Crippen molar-refractivity contribution in [1.29, 1.82) is 0 Å². The van der Waals surface area contributed by atoms with Crippen LogP contribution in [0.25, 0.3) is 10.8 Å². The summed E-state index contributed by atoms with van der Waals surface area (Å²) in [6, 6.07) is 7.16. The number of hydrogen-bond donors (Lipinski definition) is 0. The average Bonchev–Trinajstić information content (AvgIpc) is 2.71. The number of nitrogens with zero attached hydrogens (tertiary/aromatic N) is 3. The number of hydrogen-bond acceptors (Lipinski definition) is 4. The van der Waals surface area contributed by atoms with Crippen LogP contribution in [0.2, 0.25) is 0 Å². The molecule has 1 unspecified atom stereocenters. The van der Waals surface area contributed by atoms with Crippen molar-refractivity contribution in [3.63, 3.8) is 0 Å². The first-order chi connectivity index (χ1) is 13.5. The second-order valence-corrected chi connectivity index (χ2v) is 9.22. The minimum Gasteiger partial charge on any atom is -0.302 e. The van der Waals surface area contributed by atoms with Gasteiger partial charge in [0.05, 0.1) is 4.90 Å². The highest BCUT2D eigenvalue weighted by atomic mass is 32.2. The summed E-state index contributed by atoms with van der Waals surface area (Å²) >= 11 is 0. The lowest BCUT2D eigenvalue weighted by Crippen LogP contribution is -2.45. The molecule has 0 fully saturated rings. The highest BCUT2D eigenvalue weighted by Crippen LogP contribution is 2.27. The van der Waals surface area contributed by atoms with E-state index in [9.17, 15) is 8.42 Å². The number of sulfonamides is 1. The Kier molecular flexibility index (Phi) is 8.86. The molecule has 6 heteroatoms. The molecule has 0 N–H and O–H groups in total. The maximum absolute atomic E-state index is 13.7. The fourth-order valence-corrected chi connectivity index (χ4v) is 5.54. The number of unbranched alkanes of at least 4 members (excludes halogenated alkanes) is 3. The normalized spacial score (nSPS) is 13.5. The van der Waals surface area contributed by atoms with Crippen molar-refractivity contribution in [2.24, 2.45) is 0 Å². The van der Waals surface area contributed by atoms with Crippen LogP contribution in [0.5, 0.6) is 0 Å². The Morgan fingerprint density at radius 1 is 1.04 bits per heavy atom. The van der Waals surface area contributed by atoms with Crippen molar-refractivity contribution in [3.05, 3.63) is 36.7 Å². The van der Waals surface area contributed by atoms with Crippen LogP contribution in [-0.4, -0.2) is 54.8 Å². The summed E-state index contributed by atoms with van der Waals surface area (Å²) in [5.74, 6) is 0. The molecule has 1 aromatic carbocycles.